The van der Waals surface area contributed by atoms with Crippen LogP contribution in [0.5, 0.6) is 0 Å². The Bertz CT molecular complexity index is 668. The normalized spacial score (nSPS) is 24.0. The van der Waals surface area contributed by atoms with Gasteiger partial charge in [-0.3, -0.25) is 0 Å². The Kier molecular flexibility index (Phi) is 2.92. The molecule has 2 aromatic rings. The van der Waals surface area contributed by atoms with Crippen molar-refractivity contribution in [3.8, 4) is 0 Å². The first-order valence-corrected chi connectivity index (χ1v) is 7.43. The number of carbonyl (C=O) groups excluding carboxylic acids is 1. The summed E-state index contributed by atoms with van der Waals surface area (Å²) < 4.78 is 5.64. The SMILES string of the molecule is O=C1OC(c2ccccc2)CC2c3ccccc3CCN12. The minimum absolute atomic E-state index is 0.140. The van der Waals surface area contributed by atoms with Crippen molar-refractivity contribution in [3.63, 3.8) is 0 Å². The highest BCUT2D eigenvalue weighted by molar-refractivity contribution is 5.70. The second kappa shape index (κ2) is 4.92. The van der Waals surface area contributed by atoms with Crippen LogP contribution in [0.1, 0.15) is 35.3 Å². The maximum Gasteiger partial charge on any atom is 0.410 e. The fourth-order valence-electron chi connectivity index (χ4n) is 3.44. The van der Waals surface area contributed by atoms with Crippen LogP contribution in [0.2, 0.25) is 0 Å². The average molecular weight is 279 g/mol. The Morgan fingerprint density at radius 1 is 1.00 bits per heavy atom. The van der Waals surface area contributed by atoms with E-state index in [9.17, 15) is 4.79 Å². The van der Waals surface area contributed by atoms with E-state index in [0.29, 0.717) is 0 Å². The van der Waals surface area contributed by atoms with E-state index >= 15 is 0 Å². The number of carbonyl (C=O) groups is 1. The van der Waals surface area contributed by atoms with Crippen LogP contribution in [0.15, 0.2) is 54.6 Å². The molecule has 0 aromatic heterocycles. The summed E-state index contributed by atoms with van der Waals surface area (Å²) in [5, 5.41) is 0. The molecule has 2 aliphatic rings. The van der Waals surface area contributed by atoms with Crippen LogP contribution in [0, 0.1) is 0 Å². The Balaban J connectivity index is 1.70. The van der Waals surface area contributed by atoms with E-state index in [1.165, 1.54) is 11.1 Å². The maximum absolute atomic E-state index is 12.3. The van der Waals surface area contributed by atoms with Crippen LogP contribution >= 0.6 is 0 Å². The van der Waals surface area contributed by atoms with Gasteiger partial charge in [-0.25, -0.2) is 4.79 Å². The number of cyclic esters (lactones) is 1. The highest BCUT2D eigenvalue weighted by Gasteiger charge is 2.39. The fraction of sp³-hybridized carbons (Fsp3) is 0.278. The Morgan fingerprint density at radius 2 is 1.76 bits per heavy atom. The lowest BCUT2D eigenvalue weighted by atomic mass is 9.87. The first-order chi connectivity index (χ1) is 10.3. The van der Waals surface area contributed by atoms with Crippen LogP contribution in [0.4, 0.5) is 4.79 Å². The van der Waals surface area contributed by atoms with Gasteiger partial charge in [0.05, 0.1) is 6.04 Å². The van der Waals surface area contributed by atoms with Crippen molar-refractivity contribution in [1.29, 1.82) is 0 Å². The summed E-state index contributed by atoms with van der Waals surface area (Å²) in [6.45, 7) is 0.752. The van der Waals surface area contributed by atoms with E-state index in [1.807, 2.05) is 35.2 Å². The standard InChI is InChI=1S/C18H17NO2/c20-18-19-11-10-13-6-4-5-9-15(13)16(19)12-17(21-18)14-7-2-1-3-8-14/h1-9,16-17H,10-12H2. The average Bonchev–Trinajstić information content (AvgIpc) is 2.55. The van der Waals surface area contributed by atoms with Gasteiger partial charge in [-0.05, 0) is 23.1 Å². The van der Waals surface area contributed by atoms with Crippen LogP contribution < -0.4 is 0 Å². The number of hydrogen-bond acceptors (Lipinski definition) is 2. The van der Waals surface area contributed by atoms with Crippen molar-refractivity contribution in [2.45, 2.75) is 25.0 Å². The highest BCUT2D eigenvalue weighted by Crippen LogP contribution is 2.41. The van der Waals surface area contributed by atoms with Gasteiger partial charge in [0.2, 0.25) is 0 Å². The van der Waals surface area contributed by atoms with Crippen LogP contribution in [0.3, 0.4) is 0 Å². The molecule has 1 saturated heterocycles. The number of hydrogen-bond donors (Lipinski definition) is 0. The van der Waals surface area contributed by atoms with Gasteiger partial charge >= 0.3 is 6.09 Å². The summed E-state index contributed by atoms with van der Waals surface area (Å²) in [6, 6.07) is 18.6. The van der Waals surface area contributed by atoms with Crippen LogP contribution in [0.25, 0.3) is 0 Å². The zero-order valence-electron chi connectivity index (χ0n) is 11.7. The van der Waals surface area contributed by atoms with E-state index in [1.54, 1.807) is 0 Å². The third kappa shape index (κ3) is 2.09. The second-order valence-corrected chi connectivity index (χ2v) is 5.68. The number of amides is 1. The predicted molar refractivity (Wildman–Crippen MR) is 79.9 cm³/mol. The van der Waals surface area contributed by atoms with Gasteiger partial charge in [-0.2, -0.15) is 0 Å². The molecule has 2 unspecified atom stereocenters. The Labute approximate surface area is 124 Å². The second-order valence-electron chi connectivity index (χ2n) is 5.68. The quantitative estimate of drug-likeness (QED) is 0.793. The van der Waals surface area contributed by atoms with E-state index in [0.717, 1.165) is 24.9 Å². The van der Waals surface area contributed by atoms with Crippen LogP contribution in [-0.4, -0.2) is 17.5 Å². The molecule has 2 aliphatic heterocycles. The van der Waals surface area contributed by atoms with Gasteiger partial charge in [0.1, 0.15) is 6.10 Å². The lowest BCUT2D eigenvalue weighted by Crippen LogP contribution is -2.45. The maximum atomic E-state index is 12.3. The van der Waals surface area contributed by atoms with Gasteiger partial charge in [-0.1, -0.05) is 54.6 Å². The van der Waals surface area contributed by atoms with Crippen LogP contribution in [-0.2, 0) is 11.2 Å². The summed E-state index contributed by atoms with van der Waals surface area (Å²) in [5.41, 5.74) is 3.72. The van der Waals surface area contributed by atoms with Crippen molar-refractivity contribution >= 4 is 6.09 Å². The molecule has 0 bridgehead atoms. The molecule has 2 aromatic carbocycles. The molecule has 106 valence electrons. The lowest BCUT2D eigenvalue weighted by molar-refractivity contribution is -0.00645. The van der Waals surface area contributed by atoms with E-state index in [4.69, 9.17) is 4.74 Å². The summed E-state index contributed by atoms with van der Waals surface area (Å²) >= 11 is 0. The lowest BCUT2D eigenvalue weighted by Gasteiger charge is -2.42. The zero-order chi connectivity index (χ0) is 14.2. The van der Waals surface area contributed by atoms with Crippen molar-refractivity contribution in [3.05, 3.63) is 71.3 Å². The molecule has 0 saturated carbocycles. The third-order valence-corrected chi connectivity index (χ3v) is 4.50. The molecule has 0 spiro atoms. The molecule has 1 amide bonds. The number of rotatable bonds is 1. The van der Waals surface area contributed by atoms with E-state index in [-0.39, 0.29) is 18.2 Å². The van der Waals surface area contributed by atoms with Gasteiger partial charge in [0.15, 0.2) is 0 Å². The molecule has 0 radical (unpaired) electrons. The third-order valence-electron chi connectivity index (χ3n) is 4.50. The fourth-order valence-corrected chi connectivity index (χ4v) is 3.44. The number of benzene rings is 2. The van der Waals surface area contributed by atoms with Gasteiger partial charge in [0.25, 0.3) is 0 Å². The van der Waals surface area contributed by atoms with Crippen molar-refractivity contribution in [1.82, 2.24) is 4.90 Å². The zero-order valence-corrected chi connectivity index (χ0v) is 11.7. The van der Waals surface area contributed by atoms with E-state index < -0.39 is 0 Å². The monoisotopic (exact) mass is 279 g/mol. The van der Waals surface area contributed by atoms with Crippen molar-refractivity contribution in [2.24, 2.45) is 0 Å². The first-order valence-electron chi connectivity index (χ1n) is 7.43. The summed E-state index contributed by atoms with van der Waals surface area (Å²) in [6.07, 6.45) is 1.41. The number of fused-ring (bicyclic) bond motifs is 3. The first kappa shape index (κ1) is 12.5. The Morgan fingerprint density at radius 3 is 2.62 bits per heavy atom. The smallest absolute Gasteiger partial charge is 0.410 e. The predicted octanol–water partition coefficient (Wildman–Crippen LogP) is 3.87. The van der Waals surface area contributed by atoms with Crippen molar-refractivity contribution in [2.75, 3.05) is 6.54 Å². The molecule has 0 aliphatic carbocycles. The molecule has 2 atom stereocenters. The summed E-state index contributed by atoms with van der Waals surface area (Å²) in [5.74, 6) is 0. The minimum atomic E-state index is -0.186. The largest absolute Gasteiger partial charge is 0.441 e. The van der Waals surface area contributed by atoms with Crippen molar-refractivity contribution < 1.29 is 9.53 Å². The molecular weight excluding hydrogens is 262 g/mol. The highest BCUT2D eigenvalue weighted by atomic mass is 16.6. The Hall–Kier alpha value is -2.29. The summed E-state index contributed by atoms with van der Waals surface area (Å²) in [4.78, 5) is 14.2. The molecular formula is C18H17NO2. The molecule has 4 rings (SSSR count). The topological polar surface area (TPSA) is 29.5 Å². The number of nitrogens with zero attached hydrogens (tertiary/aromatic N) is 1. The molecule has 1 fully saturated rings. The molecule has 3 heteroatoms. The van der Waals surface area contributed by atoms with Gasteiger partial charge in [-0.15, -0.1) is 0 Å². The number of ether oxygens (including phenoxy) is 1. The summed E-state index contributed by atoms with van der Waals surface area (Å²) in [7, 11) is 0. The minimum Gasteiger partial charge on any atom is -0.441 e. The molecule has 3 nitrogen and oxygen atoms in total. The van der Waals surface area contributed by atoms with Gasteiger partial charge < -0.3 is 9.64 Å². The van der Waals surface area contributed by atoms with E-state index in [2.05, 4.69) is 24.3 Å². The molecule has 0 N–H and O–H groups in total. The van der Waals surface area contributed by atoms with Gasteiger partial charge in [0, 0.05) is 13.0 Å². The molecule has 2 heterocycles. The molecule has 21 heavy (non-hydrogen) atoms.